The van der Waals surface area contributed by atoms with Crippen LogP contribution >= 0.6 is 22.6 Å². The number of halogens is 1. The fraction of sp³-hybridized carbons (Fsp3) is 0.292. The van der Waals surface area contributed by atoms with Crippen LogP contribution in [0.5, 0.6) is 0 Å². The fourth-order valence-corrected chi connectivity index (χ4v) is 4.41. The molecule has 0 bridgehead atoms. The van der Waals surface area contributed by atoms with Crippen LogP contribution in [-0.2, 0) is 18.9 Å². The first-order valence-corrected chi connectivity index (χ1v) is 11.3. The highest BCUT2D eigenvalue weighted by Crippen LogP contribution is 2.41. The maximum absolute atomic E-state index is 11.3. The van der Waals surface area contributed by atoms with Gasteiger partial charge in [-0.3, -0.25) is 0 Å². The monoisotopic (exact) mass is 531 g/mol. The second kappa shape index (κ2) is 9.32. The van der Waals surface area contributed by atoms with Gasteiger partial charge in [-0.1, -0.05) is 66.7 Å². The van der Waals surface area contributed by atoms with Crippen molar-refractivity contribution in [3.8, 4) is 0 Å². The van der Waals surface area contributed by atoms with Gasteiger partial charge in [-0.25, -0.2) is 4.98 Å². The fourth-order valence-electron chi connectivity index (χ4n) is 3.93. The second-order valence-corrected chi connectivity index (χ2v) is 8.63. The molecular formula is C24H22INO5. The molecule has 5 rings (SSSR count). The van der Waals surface area contributed by atoms with Gasteiger partial charge in [0.05, 0.1) is 12.3 Å². The van der Waals surface area contributed by atoms with Crippen LogP contribution in [0.1, 0.15) is 35.5 Å². The Balaban J connectivity index is 1.45. The highest BCUT2D eigenvalue weighted by molar-refractivity contribution is 14.1. The van der Waals surface area contributed by atoms with E-state index in [1.54, 1.807) is 6.07 Å². The predicted molar refractivity (Wildman–Crippen MR) is 121 cm³/mol. The Morgan fingerprint density at radius 1 is 0.806 bits per heavy atom. The molecule has 0 aliphatic carbocycles. The number of pyridine rings is 1. The van der Waals surface area contributed by atoms with Crippen molar-refractivity contribution in [2.24, 2.45) is 0 Å². The molecule has 7 heteroatoms. The quantitative estimate of drug-likeness (QED) is 0.400. The number of aromatic nitrogens is 1. The average Bonchev–Trinajstić information content (AvgIpc) is 2.83. The molecule has 2 fully saturated rings. The van der Waals surface area contributed by atoms with Gasteiger partial charge in [0.15, 0.2) is 12.6 Å². The molecule has 160 valence electrons. The van der Waals surface area contributed by atoms with E-state index in [4.69, 9.17) is 18.9 Å². The van der Waals surface area contributed by atoms with Crippen molar-refractivity contribution in [1.29, 1.82) is 0 Å². The summed E-state index contributed by atoms with van der Waals surface area (Å²) >= 11 is 2.13. The lowest BCUT2D eigenvalue weighted by molar-refractivity contribution is -0.373. The van der Waals surface area contributed by atoms with Crippen LogP contribution < -0.4 is 0 Å². The van der Waals surface area contributed by atoms with Gasteiger partial charge in [0.25, 0.3) is 0 Å². The van der Waals surface area contributed by atoms with Gasteiger partial charge < -0.3 is 24.1 Å². The van der Waals surface area contributed by atoms with E-state index in [-0.39, 0.29) is 6.10 Å². The molecule has 0 amide bonds. The molecule has 3 aromatic rings. The van der Waals surface area contributed by atoms with Crippen LogP contribution in [0.15, 0.2) is 78.9 Å². The summed E-state index contributed by atoms with van der Waals surface area (Å²) in [6.07, 6.45) is -3.75. The number of rotatable bonds is 4. The molecule has 3 heterocycles. The Labute approximate surface area is 194 Å². The molecule has 6 nitrogen and oxygen atoms in total. The van der Waals surface area contributed by atoms with E-state index >= 15 is 0 Å². The summed E-state index contributed by atoms with van der Waals surface area (Å²) in [4.78, 5) is 4.49. The van der Waals surface area contributed by atoms with Gasteiger partial charge in [0.2, 0.25) is 0 Å². The van der Waals surface area contributed by atoms with Crippen LogP contribution in [0.2, 0.25) is 0 Å². The van der Waals surface area contributed by atoms with E-state index in [2.05, 4.69) is 27.6 Å². The normalized spacial score (nSPS) is 29.2. The highest BCUT2D eigenvalue weighted by atomic mass is 127. The first kappa shape index (κ1) is 21.0. The third kappa shape index (κ3) is 4.52. The molecule has 2 aliphatic rings. The number of aliphatic hydroxyl groups is 1. The Morgan fingerprint density at radius 2 is 1.48 bits per heavy atom. The standard InChI is InChI=1S/C24H22INO5/c25-19-13-7-12-17(26-19)20(27)22-21-18(29-24(31-22)16-10-5-2-6-11-16)14-28-23(30-21)15-8-3-1-4-9-15/h1-13,18,20-24,27H,14H2/t18-,20+,21-,22+,23?,24?/m1/s1. The van der Waals surface area contributed by atoms with Crippen LogP contribution in [-0.4, -0.2) is 35.0 Å². The molecule has 1 N–H and O–H groups in total. The van der Waals surface area contributed by atoms with Crippen molar-refractivity contribution < 1.29 is 24.1 Å². The van der Waals surface area contributed by atoms with Gasteiger partial charge >= 0.3 is 0 Å². The maximum Gasteiger partial charge on any atom is 0.184 e. The Bertz CT molecular complexity index is 1010. The second-order valence-electron chi connectivity index (χ2n) is 7.52. The van der Waals surface area contributed by atoms with Gasteiger partial charge in [-0.15, -0.1) is 0 Å². The minimum Gasteiger partial charge on any atom is -0.384 e. The molecular weight excluding hydrogens is 509 g/mol. The maximum atomic E-state index is 11.3. The summed E-state index contributed by atoms with van der Waals surface area (Å²) in [6, 6.07) is 25.0. The molecule has 2 aliphatic heterocycles. The number of ether oxygens (including phenoxy) is 4. The zero-order chi connectivity index (χ0) is 21.2. The van der Waals surface area contributed by atoms with Crippen molar-refractivity contribution in [3.63, 3.8) is 0 Å². The summed E-state index contributed by atoms with van der Waals surface area (Å²) in [5.41, 5.74) is 2.32. The number of hydrogen-bond donors (Lipinski definition) is 1. The summed E-state index contributed by atoms with van der Waals surface area (Å²) in [5, 5.41) is 11.3. The first-order chi connectivity index (χ1) is 15.2. The van der Waals surface area contributed by atoms with Gasteiger partial charge in [-0.2, -0.15) is 0 Å². The Morgan fingerprint density at radius 3 is 2.16 bits per heavy atom. The zero-order valence-electron chi connectivity index (χ0n) is 16.6. The third-order valence-electron chi connectivity index (χ3n) is 5.46. The highest BCUT2D eigenvalue weighted by Gasteiger charge is 2.48. The molecule has 0 radical (unpaired) electrons. The number of hydrogen-bond acceptors (Lipinski definition) is 6. The summed E-state index contributed by atoms with van der Waals surface area (Å²) in [7, 11) is 0. The SMILES string of the molecule is O[C@@H](c1cccc(I)n1)[C@@H]1OC(c2ccccc2)O[C@@H]2COC(c3ccccc3)O[C@@H]12. The van der Waals surface area contributed by atoms with Crippen LogP contribution in [0.3, 0.4) is 0 Å². The minimum atomic E-state index is -0.980. The average molecular weight is 531 g/mol. The number of benzene rings is 2. The summed E-state index contributed by atoms with van der Waals surface area (Å²) in [5.74, 6) is 0. The van der Waals surface area contributed by atoms with Crippen molar-refractivity contribution >= 4 is 22.6 Å². The lowest BCUT2D eigenvalue weighted by Crippen LogP contribution is -2.56. The summed E-state index contributed by atoms with van der Waals surface area (Å²) < 4.78 is 25.5. The topological polar surface area (TPSA) is 70.0 Å². The molecule has 2 saturated heterocycles. The first-order valence-electron chi connectivity index (χ1n) is 10.2. The molecule has 2 aromatic carbocycles. The molecule has 0 saturated carbocycles. The van der Waals surface area contributed by atoms with Crippen LogP contribution in [0, 0.1) is 3.70 Å². The third-order valence-corrected chi connectivity index (χ3v) is 6.06. The van der Waals surface area contributed by atoms with Gasteiger partial charge in [0.1, 0.15) is 28.1 Å². The van der Waals surface area contributed by atoms with Gasteiger partial charge in [-0.05, 0) is 34.7 Å². The number of nitrogens with zero attached hydrogens (tertiary/aromatic N) is 1. The summed E-state index contributed by atoms with van der Waals surface area (Å²) in [6.45, 7) is 0.333. The van der Waals surface area contributed by atoms with Crippen molar-refractivity contribution in [3.05, 3.63) is 99.4 Å². The lowest BCUT2D eigenvalue weighted by atomic mass is 9.97. The van der Waals surface area contributed by atoms with Crippen molar-refractivity contribution in [2.75, 3.05) is 6.61 Å². The molecule has 2 unspecified atom stereocenters. The predicted octanol–water partition coefficient (Wildman–Crippen LogP) is 4.32. The van der Waals surface area contributed by atoms with E-state index in [0.717, 1.165) is 14.8 Å². The molecule has 6 atom stereocenters. The van der Waals surface area contributed by atoms with Crippen LogP contribution in [0.4, 0.5) is 0 Å². The van der Waals surface area contributed by atoms with E-state index < -0.39 is 30.9 Å². The van der Waals surface area contributed by atoms with E-state index in [9.17, 15) is 5.11 Å². The Kier molecular flexibility index (Phi) is 6.31. The number of aliphatic hydroxyl groups excluding tert-OH is 1. The largest absolute Gasteiger partial charge is 0.384 e. The van der Waals surface area contributed by atoms with Gasteiger partial charge in [0, 0.05) is 11.1 Å². The zero-order valence-corrected chi connectivity index (χ0v) is 18.7. The lowest BCUT2D eigenvalue weighted by Gasteiger charge is -2.47. The molecule has 1 aromatic heterocycles. The van der Waals surface area contributed by atoms with Crippen molar-refractivity contribution in [2.45, 2.75) is 37.0 Å². The molecule has 31 heavy (non-hydrogen) atoms. The van der Waals surface area contributed by atoms with E-state index in [0.29, 0.717) is 12.3 Å². The minimum absolute atomic E-state index is 0.333. The number of fused-ring (bicyclic) bond motifs is 1. The molecule has 0 spiro atoms. The van der Waals surface area contributed by atoms with E-state index in [1.165, 1.54) is 0 Å². The van der Waals surface area contributed by atoms with E-state index in [1.807, 2.05) is 72.8 Å². The van der Waals surface area contributed by atoms with Crippen molar-refractivity contribution in [1.82, 2.24) is 4.98 Å². The Hall–Kier alpha value is -1.88. The van der Waals surface area contributed by atoms with Crippen LogP contribution in [0.25, 0.3) is 0 Å². The smallest absolute Gasteiger partial charge is 0.184 e.